The van der Waals surface area contributed by atoms with Crippen LogP contribution in [0.25, 0.3) is 11.1 Å². The van der Waals surface area contributed by atoms with Crippen molar-refractivity contribution < 1.29 is 13.2 Å². The zero-order valence-electron chi connectivity index (χ0n) is 12.7. The van der Waals surface area contributed by atoms with E-state index < -0.39 is 11.7 Å². The molecule has 4 heteroatoms. The van der Waals surface area contributed by atoms with E-state index in [0.29, 0.717) is 17.0 Å². The van der Waals surface area contributed by atoms with E-state index in [1.54, 1.807) is 0 Å². The van der Waals surface area contributed by atoms with Gasteiger partial charge in [-0.25, -0.2) is 0 Å². The van der Waals surface area contributed by atoms with Crippen molar-refractivity contribution in [3.05, 3.63) is 59.2 Å². The van der Waals surface area contributed by atoms with Crippen LogP contribution in [-0.2, 0) is 19.1 Å². The van der Waals surface area contributed by atoms with Gasteiger partial charge in [0.1, 0.15) is 0 Å². The van der Waals surface area contributed by atoms with Crippen LogP contribution in [0.3, 0.4) is 0 Å². The molecule has 0 heterocycles. The molecule has 2 aromatic carbocycles. The molecule has 118 valence electrons. The van der Waals surface area contributed by atoms with Crippen LogP contribution in [0, 0.1) is 5.92 Å². The van der Waals surface area contributed by atoms with Crippen molar-refractivity contribution in [2.45, 2.75) is 33.0 Å². The van der Waals surface area contributed by atoms with E-state index >= 15 is 0 Å². The molecule has 22 heavy (non-hydrogen) atoms. The monoisotopic (exact) mass is 307 g/mol. The van der Waals surface area contributed by atoms with E-state index in [9.17, 15) is 13.2 Å². The average molecular weight is 307 g/mol. The molecule has 0 atom stereocenters. The lowest BCUT2D eigenvalue weighted by atomic mass is 9.95. The van der Waals surface area contributed by atoms with Gasteiger partial charge in [0, 0.05) is 6.54 Å². The SMILES string of the molecule is CC(C)Cc1ccc(-c2cc(C(F)(F)F)ccc2CN)cc1. The Balaban J connectivity index is 2.42. The number of benzene rings is 2. The Labute approximate surface area is 129 Å². The smallest absolute Gasteiger partial charge is 0.326 e. The van der Waals surface area contributed by atoms with Crippen molar-refractivity contribution in [3.63, 3.8) is 0 Å². The minimum absolute atomic E-state index is 0.210. The van der Waals surface area contributed by atoms with Gasteiger partial charge >= 0.3 is 6.18 Å². The van der Waals surface area contributed by atoms with Crippen molar-refractivity contribution >= 4 is 0 Å². The third kappa shape index (κ3) is 3.89. The van der Waals surface area contributed by atoms with Crippen LogP contribution in [0.2, 0.25) is 0 Å². The van der Waals surface area contributed by atoms with Crippen LogP contribution in [0.5, 0.6) is 0 Å². The molecular weight excluding hydrogens is 287 g/mol. The molecule has 0 aromatic heterocycles. The van der Waals surface area contributed by atoms with Crippen molar-refractivity contribution in [3.8, 4) is 11.1 Å². The van der Waals surface area contributed by atoms with Crippen molar-refractivity contribution in [1.82, 2.24) is 0 Å². The van der Waals surface area contributed by atoms with Gasteiger partial charge in [-0.2, -0.15) is 13.2 Å². The highest BCUT2D eigenvalue weighted by Crippen LogP contribution is 2.34. The van der Waals surface area contributed by atoms with Gasteiger partial charge < -0.3 is 5.73 Å². The number of hydrogen-bond acceptors (Lipinski definition) is 1. The second kappa shape index (κ2) is 6.53. The Kier molecular flexibility index (Phi) is 4.91. The van der Waals surface area contributed by atoms with E-state index in [2.05, 4.69) is 13.8 Å². The Morgan fingerprint density at radius 3 is 2.14 bits per heavy atom. The first-order chi connectivity index (χ1) is 10.3. The molecule has 2 rings (SSSR count). The normalized spacial score (nSPS) is 12.0. The number of rotatable bonds is 4. The maximum absolute atomic E-state index is 12.9. The second-order valence-corrected chi connectivity index (χ2v) is 5.87. The predicted molar refractivity (Wildman–Crippen MR) is 83.3 cm³/mol. The number of alkyl halides is 3. The lowest BCUT2D eigenvalue weighted by Gasteiger charge is -2.13. The van der Waals surface area contributed by atoms with Crippen LogP contribution >= 0.6 is 0 Å². The number of nitrogens with two attached hydrogens (primary N) is 1. The summed E-state index contributed by atoms with van der Waals surface area (Å²) in [5.41, 5.74) is 8.22. The van der Waals surface area contributed by atoms with E-state index in [4.69, 9.17) is 5.73 Å². The molecule has 2 N–H and O–H groups in total. The zero-order valence-corrected chi connectivity index (χ0v) is 12.7. The molecule has 0 aliphatic carbocycles. The molecule has 0 bridgehead atoms. The summed E-state index contributed by atoms with van der Waals surface area (Å²) in [6.45, 7) is 4.47. The molecule has 0 radical (unpaired) electrons. The van der Waals surface area contributed by atoms with Crippen molar-refractivity contribution in [2.24, 2.45) is 11.7 Å². The molecule has 0 saturated heterocycles. The summed E-state index contributed by atoms with van der Waals surface area (Å²) >= 11 is 0. The maximum atomic E-state index is 12.9. The van der Waals surface area contributed by atoms with Crippen LogP contribution in [-0.4, -0.2) is 0 Å². The van der Waals surface area contributed by atoms with E-state index in [0.717, 1.165) is 18.1 Å². The fourth-order valence-corrected chi connectivity index (χ4v) is 2.49. The number of hydrogen-bond donors (Lipinski definition) is 1. The Hall–Kier alpha value is -1.81. The quantitative estimate of drug-likeness (QED) is 0.842. The third-order valence-electron chi connectivity index (χ3n) is 3.57. The molecule has 0 fully saturated rings. The first-order valence-corrected chi connectivity index (χ1v) is 7.30. The van der Waals surface area contributed by atoms with Crippen molar-refractivity contribution in [2.75, 3.05) is 0 Å². The summed E-state index contributed by atoms with van der Waals surface area (Å²) in [7, 11) is 0. The van der Waals surface area contributed by atoms with Crippen LogP contribution in [0.15, 0.2) is 42.5 Å². The summed E-state index contributed by atoms with van der Waals surface area (Å²) in [5.74, 6) is 0.541. The molecular formula is C18H20F3N. The highest BCUT2D eigenvalue weighted by Gasteiger charge is 2.31. The summed E-state index contributed by atoms with van der Waals surface area (Å²) in [4.78, 5) is 0. The lowest BCUT2D eigenvalue weighted by Crippen LogP contribution is -2.07. The maximum Gasteiger partial charge on any atom is 0.416 e. The molecule has 0 saturated carbocycles. The Morgan fingerprint density at radius 1 is 1.00 bits per heavy atom. The van der Waals surface area contributed by atoms with Gasteiger partial charge in [-0.3, -0.25) is 0 Å². The minimum atomic E-state index is -4.35. The van der Waals surface area contributed by atoms with Crippen LogP contribution in [0.1, 0.15) is 30.5 Å². The van der Waals surface area contributed by atoms with Gasteiger partial charge in [-0.1, -0.05) is 44.2 Å². The van der Waals surface area contributed by atoms with Gasteiger partial charge in [0.2, 0.25) is 0 Å². The molecule has 2 aromatic rings. The Bertz CT molecular complexity index is 628. The molecule has 0 spiro atoms. The molecule has 0 unspecified atom stereocenters. The zero-order chi connectivity index (χ0) is 16.3. The number of halogens is 3. The van der Waals surface area contributed by atoms with Gasteiger partial charge in [-0.05, 0) is 46.7 Å². The third-order valence-corrected chi connectivity index (χ3v) is 3.57. The largest absolute Gasteiger partial charge is 0.416 e. The summed E-state index contributed by atoms with van der Waals surface area (Å²) in [6.07, 6.45) is -3.40. The van der Waals surface area contributed by atoms with Gasteiger partial charge in [0.15, 0.2) is 0 Å². The summed E-state index contributed by atoms with van der Waals surface area (Å²) < 4.78 is 38.7. The lowest BCUT2D eigenvalue weighted by molar-refractivity contribution is -0.137. The van der Waals surface area contributed by atoms with E-state index in [-0.39, 0.29) is 6.54 Å². The van der Waals surface area contributed by atoms with Crippen LogP contribution < -0.4 is 5.73 Å². The first kappa shape index (κ1) is 16.6. The summed E-state index contributed by atoms with van der Waals surface area (Å²) in [5, 5.41) is 0. The van der Waals surface area contributed by atoms with Crippen LogP contribution in [0.4, 0.5) is 13.2 Å². The summed E-state index contributed by atoms with van der Waals surface area (Å²) in [6, 6.07) is 11.4. The molecule has 0 aliphatic rings. The van der Waals surface area contributed by atoms with Gasteiger partial charge in [-0.15, -0.1) is 0 Å². The fraction of sp³-hybridized carbons (Fsp3) is 0.333. The fourth-order valence-electron chi connectivity index (χ4n) is 2.49. The highest BCUT2D eigenvalue weighted by atomic mass is 19.4. The minimum Gasteiger partial charge on any atom is -0.326 e. The molecule has 1 nitrogen and oxygen atoms in total. The van der Waals surface area contributed by atoms with Crippen molar-refractivity contribution in [1.29, 1.82) is 0 Å². The Morgan fingerprint density at radius 2 is 1.64 bits per heavy atom. The highest BCUT2D eigenvalue weighted by molar-refractivity contribution is 5.68. The molecule has 0 amide bonds. The first-order valence-electron chi connectivity index (χ1n) is 7.30. The van der Waals surface area contributed by atoms with E-state index in [1.807, 2.05) is 24.3 Å². The van der Waals surface area contributed by atoms with Gasteiger partial charge in [0.25, 0.3) is 0 Å². The standard InChI is InChI=1S/C18H20F3N/c1-12(2)9-13-3-5-14(6-4-13)17-10-16(18(19,20)21)8-7-15(17)11-22/h3-8,10,12H,9,11,22H2,1-2H3. The second-order valence-electron chi connectivity index (χ2n) is 5.87. The van der Waals surface area contributed by atoms with E-state index in [1.165, 1.54) is 17.7 Å². The van der Waals surface area contributed by atoms with Gasteiger partial charge in [0.05, 0.1) is 5.56 Å². The topological polar surface area (TPSA) is 26.0 Å². The predicted octanol–water partition coefficient (Wildman–Crippen LogP) is 5.03. The molecule has 0 aliphatic heterocycles. The average Bonchev–Trinajstić information content (AvgIpc) is 2.46.